The van der Waals surface area contributed by atoms with E-state index in [1.807, 2.05) is 13.8 Å². The molecule has 0 heterocycles. The van der Waals surface area contributed by atoms with Crippen molar-refractivity contribution in [3.05, 3.63) is 0 Å². The summed E-state index contributed by atoms with van der Waals surface area (Å²) in [6.07, 6.45) is 0.191. The van der Waals surface area contributed by atoms with Gasteiger partial charge in [-0.2, -0.15) is 0 Å². The van der Waals surface area contributed by atoms with Crippen molar-refractivity contribution < 1.29 is 14.7 Å². The van der Waals surface area contributed by atoms with Crippen molar-refractivity contribution in [3.63, 3.8) is 0 Å². The first-order chi connectivity index (χ1) is 6.47. The summed E-state index contributed by atoms with van der Waals surface area (Å²) in [6.45, 7) is 4.02. The number of rotatable bonds is 6. The molecule has 4 N–H and O–H groups in total. The van der Waals surface area contributed by atoms with Gasteiger partial charge in [0.25, 0.3) is 0 Å². The standard InChI is InChI=1S/C9H18N2O3/c1-6(2)7(5-9(13)14)11-8(12)3-4-10/h6-7H,3-5,10H2,1-2H3,(H,11,12)(H,13,14). The first-order valence-corrected chi connectivity index (χ1v) is 4.68. The molecule has 5 heteroatoms. The average Bonchev–Trinajstić information content (AvgIpc) is 2.02. The van der Waals surface area contributed by atoms with E-state index in [0.717, 1.165) is 0 Å². The van der Waals surface area contributed by atoms with E-state index in [4.69, 9.17) is 10.8 Å². The number of nitrogens with two attached hydrogens (primary N) is 1. The fourth-order valence-electron chi connectivity index (χ4n) is 1.05. The van der Waals surface area contributed by atoms with Crippen molar-refractivity contribution in [1.29, 1.82) is 0 Å². The Balaban J connectivity index is 4.09. The highest BCUT2D eigenvalue weighted by Crippen LogP contribution is 2.06. The Morgan fingerprint density at radius 1 is 1.43 bits per heavy atom. The molecule has 0 fully saturated rings. The maximum atomic E-state index is 11.2. The molecule has 82 valence electrons. The van der Waals surface area contributed by atoms with Gasteiger partial charge >= 0.3 is 5.97 Å². The largest absolute Gasteiger partial charge is 0.481 e. The van der Waals surface area contributed by atoms with Gasteiger partial charge in [0.2, 0.25) is 5.91 Å². The molecule has 0 rings (SSSR count). The Morgan fingerprint density at radius 3 is 2.36 bits per heavy atom. The van der Waals surface area contributed by atoms with Gasteiger partial charge in [-0.3, -0.25) is 9.59 Å². The summed E-state index contributed by atoms with van der Waals surface area (Å²) in [7, 11) is 0. The normalized spacial score (nSPS) is 12.6. The topological polar surface area (TPSA) is 92.4 Å². The summed E-state index contributed by atoms with van der Waals surface area (Å²) < 4.78 is 0. The lowest BCUT2D eigenvalue weighted by Gasteiger charge is -2.20. The molecule has 0 aromatic carbocycles. The van der Waals surface area contributed by atoms with Gasteiger partial charge in [0.15, 0.2) is 0 Å². The van der Waals surface area contributed by atoms with Crippen LogP contribution < -0.4 is 11.1 Å². The number of carbonyl (C=O) groups is 2. The van der Waals surface area contributed by atoms with Crippen LogP contribution >= 0.6 is 0 Å². The van der Waals surface area contributed by atoms with Gasteiger partial charge in [-0.1, -0.05) is 13.8 Å². The van der Waals surface area contributed by atoms with Gasteiger partial charge in [-0.05, 0) is 5.92 Å². The molecule has 0 aliphatic rings. The van der Waals surface area contributed by atoms with Gasteiger partial charge in [0.1, 0.15) is 0 Å². The predicted octanol–water partition coefficient (Wildman–Crippen LogP) is -0.0493. The second-order valence-corrected chi connectivity index (χ2v) is 3.55. The highest BCUT2D eigenvalue weighted by atomic mass is 16.4. The van der Waals surface area contributed by atoms with Crippen LogP contribution in [0.15, 0.2) is 0 Å². The van der Waals surface area contributed by atoms with Crippen LogP contribution in [-0.2, 0) is 9.59 Å². The van der Waals surface area contributed by atoms with Crippen molar-refractivity contribution >= 4 is 11.9 Å². The molecule has 0 saturated heterocycles. The van der Waals surface area contributed by atoms with Crippen molar-refractivity contribution in [1.82, 2.24) is 5.32 Å². The Labute approximate surface area is 83.7 Å². The number of amides is 1. The van der Waals surface area contributed by atoms with Crippen LogP contribution in [0.4, 0.5) is 0 Å². The monoisotopic (exact) mass is 202 g/mol. The zero-order valence-electron chi connectivity index (χ0n) is 8.62. The average molecular weight is 202 g/mol. The Hall–Kier alpha value is -1.10. The number of carboxylic acid groups (broad SMARTS) is 1. The van der Waals surface area contributed by atoms with Crippen molar-refractivity contribution in [2.45, 2.75) is 32.7 Å². The number of hydrogen-bond donors (Lipinski definition) is 3. The molecular formula is C9H18N2O3. The second-order valence-electron chi connectivity index (χ2n) is 3.55. The maximum absolute atomic E-state index is 11.2. The third-order valence-electron chi connectivity index (χ3n) is 1.92. The van der Waals surface area contributed by atoms with E-state index in [1.54, 1.807) is 0 Å². The number of nitrogens with one attached hydrogen (secondary N) is 1. The van der Waals surface area contributed by atoms with Crippen molar-refractivity contribution in [3.8, 4) is 0 Å². The minimum Gasteiger partial charge on any atom is -0.481 e. The van der Waals surface area contributed by atoms with Crippen LogP contribution in [-0.4, -0.2) is 29.6 Å². The van der Waals surface area contributed by atoms with Gasteiger partial charge < -0.3 is 16.2 Å². The molecule has 0 radical (unpaired) electrons. The van der Waals surface area contributed by atoms with E-state index in [-0.39, 0.29) is 37.3 Å². The molecule has 1 amide bonds. The molecule has 1 atom stereocenters. The molecule has 14 heavy (non-hydrogen) atoms. The molecule has 0 aromatic rings. The van der Waals surface area contributed by atoms with Crippen LogP contribution in [0.3, 0.4) is 0 Å². The molecule has 0 aliphatic heterocycles. The number of carboxylic acids is 1. The zero-order chi connectivity index (χ0) is 11.1. The fourth-order valence-corrected chi connectivity index (χ4v) is 1.05. The summed E-state index contributed by atoms with van der Waals surface area (Å²) >= 11 is 0. The van der Waals surface area contributed by atoms with E-state index in [1.165, 1.54) is 0 Å². The minimum absolute atomic E-state index is 0.0476. The van der Waals surface area contributed by atoms with Gasteiger partial charge in [0, 0.05) is 19.0 Å². The second kappa shape index (κ2) is 6.37. The number of aliphatic carboxylic acids is 1. The third-order valence-corrected chi connectivity index (χ3v) is 1.92. The summed E-state index contributed by atoms with van der Waals surface area (Å²) in [5.41, 5.74) is 5.21. The molecular weight excluding hydrogens is 184 g/mol. The van der Waals surface area contributed by atoms with E-state index < -0.39 is 5.97 Å². The number of carbonyl (C=O) groups excluding carboxylic acids is 1. The molecule has 5 nitrogen and oxygen atoms in total. The summed E-state index contributed by atoms with van der Waals surface area (Å²) in [4.78, 5) is 21.6. The van der Waals surface area contributed by atoms with E-state index >= 15 is 0 Å². The molecule has 0 saturated carbocycles. The van der Waals surface area contributed by atoms with Crippen LogP contribution in [0.25, 0.3) is 0 Å². The molecule has 0 aromatic heterocycles. The fraction of sp³-hybridized carbons (Fsp3) is 0.778. The number of hydrogen-bond acceptors (Lipinski definition) is 3. The first kappa shape index (κ1) is 12.9. The lowest BCUT2D eigenvalue weighted by Crippen LogP contribution is -2.40. The summed E-state index contributed by atoms with van der Waals surface area (Å²) in [6, 6.07) is -0.313. The van der Waals surface area contributed by atoms with Gasteiger partial charge in [0.05, 0.1) is 6.42 Å². The Morgan fingerprint density at radius 2 is 2.00 bits per heavy atom. The molecule has 0 spiro atoms. The van der Waals surface area contributed by atoms with E-state index in [9.17, 15) is 9.59 Å². The first-order valence-electron chi connectivity index (χ1n) is 4.68. The Kier molecular flexibility index (Phi) is 5.87. The van der Waals surface area contributed by atoms with E-state index in [0.29, 0.717) is 0 Å². The lowest BCUT2D eigenvalue weighted by molar-refractivity contribution is -0.138. The van der Waals surface area contributed by atoms with Crippen LogP contribution in [0.1, 0.15) is 26.7 Å². The quantitative estimate of drug-likeness (QED) is 0.563. The van der Waals surface area contributed by atoms with Crippen LogP contribution in [0.2, 0.25) is 0 Å². The van der Waals surface area contributed by atoms with Crippen molar-refractivity contribution in [2.75, 3.05) is 6.54 Å². The summed E-state index contributed by atoms with van der Waals surface area (Å²) in [5.74, 6) is -0.989. The predicted molar refractivity (Wildman–Crippen MR) is 52.7 cm³/mol. The van der Waals surface area contributed by atoms with Gasteiger partial charge in [-0.25, -0.2) is 0 Å². The van der Waals surface area contributed by atoms with Crippen LogP contribution in [0, 0.1) is 5.92 Å². The SMILES string of the molecule is CC(C)C(CC(=O)O)NC(=O)CCN. The van der Waals surface area contributed by atoms with Crippen LogP contribution in [0.5, 0.6) is 0 Å². The highest BCUT2D eigenvalue weighted by Gasteiger charge is 2.18. The van der Waals surface area contributed by atoms with Gasteiger partial charge in [-0.15, -0.1) is 0 Å². The molecule has 1 unspecified atom stereocenters. The maximum Gasteiger partial charge on any atom is 0.305 e. The Bertz CT molecular complexity index is 204. The van der Waals surface area contributed by atoms with Crippen molar-refractivity contribution in [2.24, 2.45) is 11.7 Å². The summed E-state index contributed by atoms with van der Waals surface area (Å²) in [5, 5.41) is 11.2. The highest BCUT2D eigenvalue weighted by molar-refractivity contribution is 5.77. The minimum atomic E-state index is -0.906. The molecule has 0 bridgehead atoms. The third kappa shape index (κ3) is 5.53. The van der Waals surface area contributed by atoms with E-state index in [2.05, 4.69) is 5.32 Å². The molecule has 0 aliphatic carbocycles. The lowest BCUT2D eigenvalue weighted by atomic mass is 10.0. The smallest absolute Gasteiger partial charge is 0.305 e. The zero-order valence-corrected chi connectivity index (χ0v) is 8.62.